The van der Waals surface area contributed by atoms with Gasteiger partial charge in [0.25, 0.3) is 5.91 Å². The van der Waals surface area contributed by atoms with Crippen molar-refractivity contribution in [3.63, 3.8) is 0 Å². The highest BCUT2D eigenvalue weighted by Crippen LogP contribution is 2.54. The molecule has 0 bridgehead atoms. The molecule has 2 atom stereocenters. The van der Waals surface area contributed by atoms with E-state index in [4.69, 9.17) is 0 Å². The molecule has 1 aliphatic heterocycles. The Morgan fingerprint density at radius 2 is 2.30 bits per heavy atom. The van der Waals surface area contributed by atoms with Crippen LogP contribution in [0.5, 0.6) is 0 Å². The minimum Gasteiger partial charge on any atom is -0.468 e. The number of hydrogen-bond donors (Lipinski definition) is 0. The minimum atomic E-state index is -0.969. The van der Waals surface area contributed by atoms with Crippen molar-refractivity contribution in [1.82, 2.24) is 4.90 Å². The van der Waals surface area contributed by atoms with Crippen LogP contribution >= 0.6 is 15.9 Å². The predicted octanol–water partition coefficient (Wildman–Crippen LogP) is 2.06. The first-order valence-electron chi connectivity index (χ1n) is 6.28. The first-order valence-corrected chi connectivity index (χ1v) is 7.07. The Morgan fingerprint density at radius 3 is 2.90 bits per heavy atom. The normalized spacial score (nSPS) is 27.4. The Balaban J connectivity index is 2.01. The van der Waals surface area contributed by atoms with Crippen LogP contribution < -0.4 is 0 Å². The topological polar surface area (TPSA) is 46.6 Å². The smallest absolute Gasteiger partial charge is 0.325 e. The second-order valence-corrected chi connectivity index (χ2v) is 6.17. The largest absolute Gasteiger partial charge is 0.468 e. The molecule has 1 spiro atoms. The highest BCUT2D eigenvalue weighted by atomic mass is 79.9. The number of esters is 1. The third-order valence-corrected chi connectivity index (χ3v) is 4.53. The number of carbonyl (C=O) groups is 2. The molecule has 0 N–H and O–H groups in total. The Morgan fingerprint density at radius 1 is 1.60 bits per heavy atom. The second kappa shape index (κ2) is 4.55. The van der Waals surface area contributed by atoms with Crippen LogP contribution in [0.1, 0.15) is 22.3 Å². The summed E-state index contributed by atoms with van der Waals surface area (Å²) < 4.78 is 19.3. The summed E-state index contributed by atoms with van der Waals surface area (Å²) in [6.45, 7) is 0.0882. The van der Waals surface area contributed by atoms with E-state index in [1.54, 1.807) is 12.1 Å². The summed E-state index contributed by atoms with van der Waals surface area (Å²) in [6.07, 6.45) is -0.578. The maximum Gasteiger partial charge on any atom is 0.325 e. The van der Waals surface area contributed by atoms with Gasteiger partial charge in [-0.15, -0.1) is 0 Å². The lowest BCUT2D eigenvalue weighted by atomic mass is 9.86. The molecule has 0 aromatic heterocycles. The zero-order valence-corrected chi connectivity index (χ0v) is 12.4. The molecule has 0 unspecified atom stereocenters. The van der Waals surface area contributed by atoms with E-state index in [0.29, 0.717) is 12.0 Å². The van der Waals surface area contributed by atoms with E-state index in [1.165, 1.54) is 12.0 Å². The number of carbonyl (C=O) groups excluding carboxylic acids is 2. The van der Waals surface area contributed by atoms with E-state index in [-0.39, 0.29) is 19.0 Å². The van der Waals surface area contributed by atoms with Gasteiger partial charge in [0, 0.05) is 22.0 Å². The molecule has 1 aliphatic carbocycles. The van der Waals surface area contributed by atoms with Gasteiger partial charge in [-0.25, -0.2) is 4.39 Å². The first-order chi connectivity index (χ1) is 9.48. The maximum absolute atomic E-state index is 13.9. The van der Waals surface area contributed by atoms with E-state index in [2.05, 4.69) is 20.7 Å². The molecule has 1 heterocycles. The Hall–Kier alpha value is -1.43. The van der Waals surface area contributed by atoms with Crippen LogP contribution in [-0.2, 0) is 14.9 Å². The summed E-state index contributed by atoms with van der Waals surface area (Å²) in [5.74, 6) is -0.743. The van der Waals surface area contributed by atoms with Crippen molar-refractivity contribution >= 4 is 27.8 Å². The zero-order valence-electron chi connectivity index (χ0n) is 10.9. The summed E-state index contributed by atoms with van der Waals surface area (Å²) >= 11 is 3.35. The summed E-state index contributed by atoms with van der Waals surface area (Å²) in [5.41, 5.74) is 0.565. The lowest BCUT2D eigenvalue weighted by Crippen LogP contribution is -2.46. The van der Waals surface area contributed by atoms with Crippen molar-refractivity contribution < 1.29 is 18.7 Å². The number of alkyl halides is 1. The molecule has 1 aromatic carbocycles. The first kappa shape index (κ1) is 13.5. The van der Waals surface area contributed by atoms with Gasteiger partial charge >= 0.3 is 5.97 Å². The highest BCUT2D eigenvalue weighted by molar-refractivity contribution is 9.10. The van der Waals surface area contributed by atoms with Crippen molar-refractivity contribution in [1.29, 1.82) is 0 Å². The van der Waals surface area contributed by atoms with Gasteiger partial charge in [-0.05, 0) is 30.2 Å². The molecule has 1 aromatic rings. The Bertz CT molecular complexity index is 606. The van der Waals surface area contributed by atoms with E-state index in [9.17, 15) is 14.0 Å². The Labute approximate surface area is 124 Å². The maximum atomic E-state index is 13.9. The molecule has 1 saturated carbocycles. The average Bonchev–Trinajstić information content (AvgIpc) is 3.06. The summed E-state index contributed by atoms with van der Waals surface area (Å²) in [4.78, 5) is 25.1. The zero-order chi connectivity index (χ0) is 14.5. The van der Waals surface area contributed by atoms with E-state index in [0.717, 1.165) is 10.0 Å². The number of hydrogen-bond acceptors (Lipinski definition) is 3. The van der Waals surface area contributed by atoms with E-state index < -0.39 is 17.6 Å². The van der Waals surface area contributed by atoms with Gasteiger partial charge in [-0.1, -0.05) is 15.9 Å². The molecule has 1 amide bonds. The molecule has 106 valence electrons. The molecule has 0 radical (unpaired) electrons. The number of benzene rings is 1. The number of halogens is 2. The third-order valence-electron chi connectivity index (χ3n) is 4.04. The highest BCUT2D eigenvalue weighted by Gasteiger charge is 2.61. The molecule has 4 nitrogen and oxygen atoms in total. The molecule has 0 saturated heterocycles. The third kappa shape index (κ3) is 1.93. The number of fused-ring (bicyclic) bond motifs is 2. The van der Waals surface area contributed by atoms with Gasteiger partial charge in [0.05, 0.1) is 7.11 Å². The van der Waals surface area contributed by atoms with Crippen LogP contribution in [0, 0.1) is 0 Å². The lowest BCUT2D eigenvalue weighted by Gasteiger charge is -2.34. The van der Waals surface area contributed by atoms with Crippen LogP contribution in [0.15, 0.2) is 22.7 Å². The molecular formula is C14H13BrFNO3. The quantitative estimate of drug-likeness (QED) is 0.773. The fraction of sp³-hybridized carbons (Fsp3) is 0.429. The summed E-state index contributed by atoms with van der Waals surface area (Å²) in [6, 6.07) is 5.24. The number of ether oxygens (including phenoxy) is 1. The Kier molecular flexibility index (Phi) is 3.08. The van der Waals surface area contributed by atoms with Crippen LogP contribution in [0.3, 0.4) is 0 Å². The number of nitrogens with zero attached hydrogens (tertiary/aromatic N) is 1. The molecule has 2 aliphatic rings. The number of rotatable bonds is 2. The molecule has 6 heteroatoms. The standard InChI is InChI=1S/C14H13BrFNO3/c1-20-12(18)6-17-7-14(5-11(14)16)10-4-8(15)2-3-9(10)13(17)19/h2-4,11H,5-7H2,1H3/t11-,14-/m1/s1. The van der Waals surface area contributed by atoms with Gasteiger partial charge in [0.1, 0.15) is 12.7 Å². The SMILES string of the molecule is COC(=O)CN1C[C@]2(C[C@H]2F)c2cc(Br)ccc2C1=O. The van der Waals surface area contributed by atoms with Gasteiger partial charge < -0.3 is 9.64 Å². The molecule has 3 rings (SSSR count). The lowest BCUT2D eigenvalue weighted by molar-refractivity contribution is -0.141. The van der Waals surface area contributed by atoms with Crippen LogP contribution in [0.25, 0.3) is 0 Å². The second-order valence-electron chi connectivity index (χ2n) is 5.26. The number of amides is 1. The molecule has 20 heavy (non-hydrogen) atoms. The minimum absolute atomic E-state index is 0.140. The molecule has 1 fully saturated rings. The number of methoxy groups -OCH3 is 1. The van der Waals surface area contributed by atoms with Crippen molar-refractivity contribution in [3.05, 3.63) is 33.8 Å². The fourth-order valence-corrected chi connectivity index (χ4v) is 3.20. The van der Waals surface area contributed by atoms with Crippen molar-refractivity contribution in [2.75, 3.05) is 20.2 Å². The van der Waals surface area contributed by atoms with Crippen molar-refractivity contribution in [3.8, 4) is 0 Å². The van der Waals surface area contributed by atoms with Gasteiger partial charge in [0.2, 0.25) is 0 Å². The van der Waals surface area contributed by atoms with Crippen LogP contribution in [-0.4, -0.2) is 43.1 Å². The average molecular weight is 342 g/mol. The fourth-order valence-electron chi connectivity index (χ4n) is 2.83. The van der Waals surface area contributed by atoms with E-state index in [1.807, 2.05) is 6.07 Å². The van der Waals surface area contributed by atoms with Crippen LogP contribution in [0.4, 0.5) is 4.39 Å². The van der Waals surface area contributed by atoms with Gasteiger partial charge in [-0.3, -0.25) is 9.59 Å². The predicted molar refractivity (Wildman–Crippen MR) is 73.3 cm³/mol. The van der Waals surface area contributed by atoms with E-state index >= 15 is 0 Å². The van der Waals surface area contributed by atoms with Crippen molar-refractivity contribution in [2.24, 2.45) is 0 Å². The van der Waals surface area contributed by atoms with Crippen LogP contribution in [0.2, 0.25) is 0 Å². The van der Waals surface area contributed by atoms with Gasteiger partial charge in [-0.2, -0.15) is 0 Å². The molecular weight excluding hydrogens is 329 g/mol. The van der Waals surface area contributed by atoms with Gasteiger partial charge in [0.15, 0.2) is 0 Å². The summed E-state index contributed by atoms with van der Waals surface area (Å²) in [5, 5.41) is 0. The monoisotopic (exact) mass is 341 g/mol. The van der Waals surface area contributed by atoms with Crippen molar-refractivity contribution in [2.45, 2.75) is 18.0 Å². The summed E-state index contributed by atoms with van der Waals surface area (Å²) in [7, 11) is 1.27.